The van der Waals surface area contributed by atoms with E-state index in [9.17, 15) is 5.11 Å². The molecule has 4 heteroatoms. The Hall–Kier alpha value is -0.870. The van der Waals surface area contributed by atoms with Gasteiger partial charge in [-0.25, -0.2) is 4.98 Å². The van der Waals surface area contributed by atoms with Gasteiger partial charge in [-0.2, -0.15) is 0 Å². The van der Waals surface area contributed by atoms with Crippen LogP contribution in [0.25, 0.3) is 0 Å². The first-order chi connectivity index (χ1) is 6.68. The maximum absolute atomic E-state index is 10.1. The van der Waals surface area contributed by atoms with Crippen LogP contribution in [-0.4, -0.2) is 27.9 Å². The molecule has 1 aliphatic rings. The van der Waals surface area contributed by atoms with Gasteiger partial charge in [0.2, 0.25) is 0 Å². The summed E-state index contributed by atoms with van der Waals surface area (Å²) in [6.45, 7) is 2.94. The number of hydrogen-bond acceptors (Lipinski definition) is 3. The third-order valence-corrected chi connectivity index (χ3v) is 2.94. The van der Waals surface area contributed by atoms with Crippen molar-refractivity contribution >= 4 is 0 Å². The van der Waals surface area contributed by atoms with Gasteiger partial charge < -0.3 is 14.4 Å². The minimum Gasteiger partial charge on any atom is -0.383 e. The molecule has 14 heavy (non-hydrogen) atoms. The number of methoxy groups -OCH3 is 1. The highest BCUT2D eigenvalue weighted by Gasteiger charge is 2.45. The van der Waals surface area contributed by atoms with Gasteiger partial charge in [0, 0.05) is 32.7 Å². The van der Waals surface area contributed by atoms with E-state index in [1.807, 2.05) is 17.7 Å². The number of hydrogen-bond donors (Lipinski definition) is 1. The largest absolute Gasteiger partial charge is 0.383 e. The SMILES string of the molecule is CCn1cnc(C2(O)CC(OC)C2)c1. The summed E-state index contributed by atoms with van der Waals surface area (Å²) in [5.41, 5.74) is 0.0221. The Balaban J connectivity index is 2.08. The van der Waals surface area contributed by atoms with Crippen molar-refractivity contribution in [3.8, 4) is 0 Å². The fourth-order valence-electron chi connectivity index (χ4n) is 1.84. The summed E-state index contributed by atoms with van der Waals surface area (Å²) < 4.78 is 7.11. The normalized spacial score (nSPS) is 31.5. The number of rotatable bonds is 3. The Labute approximate surface area is 83.5 Å². The molecule has 2 rings (SSSR count). The molecule has 4 nitrogen and oxygen atoms in total. The second-order valence-electron chi connectivity index (χ2n) is 3.89. The molecular weight excluding hydrogens is 180 g/mol. The number of ether oxygens (including phenoxy) is 1. The second-order valence-corrected chi connectivity index (χ2v) is 3.89. The third-order valence-electron chi connectivity index (χ3n) is 2.94. The monoisotopic (exact) mass is 196 g/mol. The molecule has 0 unspecified atom stereocenters. The molecule has 0 amide bonds. The fraction of sp³-hybridized carbons (Fsp3) is 0.700. The zero-order valence-corrected chi connectivity index (χ0v) is 8.60. The van der Waals surface area contributed by atoms with E-state index < -0.39 is 5.60 Å². The lowest BCUT2D eigenvalue weighted by Gasteiger charge is -2.41. The molecule has 0 aromatic carbocycles. The van der Waals surface area contributed by atoms with E-state index >= 15 is 0 Å². The zero-order valence-electron chi connectivity index (χ0n) is 8.60. The van der Waals surface area contributed by atoms with Crippen LogP contribution in [0.4, 0.5) is 0 Å². The van der Waals surface area contributed by atoms with Crippen molar-refractivity contribution in [2.45, 2.75) is 38.0 Å². The highest BCUT2D eigenvalue weighted by molar-refractivity contribution is 5.15. The van der Waals surface area contributed by atoms with E-state index in [4.69, 9.17) is 4.74 Å². The smallest absolute Gasteiger partial charge is 0.113 e. The Morgan fingerprint density at radius 2 is 2.43 bits per heavy atom. The van der Waals surface area contributed by atoms with Crippen LogP contribution in [0.15, 0.2) is 12.5 Å². The van der Waals surface area contributed by atoms with Crippen LogP contribution in [0, 0.1) is 0 Å². The second kappa shape index (κ2) is 3.37. The summed E-state index contributed by atoms with van der Waals surface area (Å²) in [5.74, 6) is 0. The first-order valence-corrected chi connectivity index (χ1v) is 4.95. The molecule has 1 fully saturated rings. The Kier molecular flexibility index (Phi) is 2.33. The van der Waals surface area contributed by atoms with E-state index in [2.05, 4.69) is 4.98 Å². The van der Waals surface area contributed by atoms with Gasteiger partial charge in [0.1, 0.15) is 5.60 Å². The summed E-state index contributed by atoms with van der Waals surface area (Å²) in [6.07, 6.45) is 5.17. The lowest BCUT2D eigenvalue weighted by atomic mass is 9.75. The molecule has 0 atom stereocenters. The molecule has 0 saturated heterocycles. The highest BCUT2D eigenvalue weighted by Crippen LogP contribution is 2.41. The van der Waals surface area contributed by atoms with Crippen LogP contribution in [-0.2, 0) is 16.9 Å². The topological polar surface area (TPSA) is 47.3 Å². The number of aromatic nitrogens is 2. The van der Waals surface area contributed by atoms with Crippen LogP contribution in [0.5, 0.6) is 0 Å². The molecule has 0 spiro atoms. The van der Waals surface area contributed by atoms with E-state index in [1.54, 1.807) is 13.4 Å². The van der Waals surface area contributed by atoms with Crippen molar-refractivity contribution in [3.63, 3.8) is 0 Å². The molecule has 0 aliphatic heterocycles. The summed E-state index contributed by atoms with van der Waals surface area (Å²) in [7, 11) is 1.68. The van der Waals surface area contributed by atoms with Gasteiger partial charge in [-0.05, 0) is 6.92 Å². The van der Waals surface area contributed by atoms with Crippen LogP contribution < -0.4 is 0 Å². The zero-order chi connectivity index (χ0) is 10.2. The van der Waals surface area contributed by atoms with Crippen molar-refractivity contribution < 1.29 is 9.84 Å². The van der Waals surface area contributed by atoms with E-state index in [0.29, 0.717) is 12.8 Å². The van der Waals surface area contributed by atoms with Crippen LogP contribution in [0.3, 0.4) is 0 Å². The summed E-state index contributed by atoms with van der Waals surface area (Å²) in [4.78, 5) is 4.21. The maximum Gasteiger partial charge on any atom is 0.113 e. The molecule has 78 valence electrons. The number of nitrogens with zero attached hydrogens (tertiary/aromatic N) is 2. The van der Waals surface area contributed by atoms with Crippen molar-refractivity contribution in [1.29, 1.82) is 0 Å². The molecule has 1 aromatic heterocycles. The lowest BCUT2D eigenvalue weighted by molar-refractivity contribution is -0.135. The van der Waals surface area contributed by atoms with E-state index in [1.165, 1.54) is 0 Å². The summed E-state index contributed by atoms with van der Waals surface area (Å²) in [6, 6.07) is 0. The number of aryl methyl sites for hydroxylation is 1. The van der Waals surface area contributed by atoms with Gasteiger partial charge in [0.15, 0.2) is 0 Å². The summed E-state index contributed by atoms with van der Waals surface area (Å²) in [5, 5.41) is 10.1. The molecule has 1 heterocycles. The Morgan fingerprint density at radius 3 is 2.93 bits per heavy atom. The van der Waals surface area contributed by atoms with Gasteiger partial charge in [-0.1, -0.05) is 0 Å². The lowest BCUT2D eigenvalue weighted by Crippen LogP contribution is -2.45. The predicted molar refractivity (Wildman–Crippen MR) is 51.8 cm³/mol. The Bertz CT molecular complexity index is 316. The minimum atomic E-state index is -0.749. The standard InChI is InChI=1S/C10H16N2O2/c1-3-12-6-9(11-7-12)10(13)4-8(5-10)14-2/h6-8,13H,3-5H2,1-2H3. The van der Waals surface area contributed by atoms with Crippen molar-refractivity contribution in [3.05, 3.63) is 18.2 Å². The van der Waals surface area contributed by atoms with Crippen LogP contribution in [0.2, 0.25) is 0 Å². The molecule has 0 radical (unpaired) electrons. The first-order valence-electron chi connectivity index (χ1n) is 4.95. The van der Waals surface area contributed by atoms with E-state index in [0.717, 1.165) is 12.2 Å². The van der Waals surface area contributed by atoms with Gasteiger partial charge in [0.05, 0.1) is 18.1 Å². The first kappa shape index (κ1) is 9.68. The molecule has 1 aliphatic carbocycles. The average Bonchev–Trinajstić information content (AvgIpc) is 2.61. The van der Waals surface area contributed by atoms with Crippen molar-refractivity contribution in [1.82, 2.24) is 9.55 Å². The number of imidazole rings is 1. The van der Waals surface area contributed by atoms with Gasteiger partial charge in [-0.15, -0.1) is 0 Å². The molecule has 1 saturated carbocycles. The molecular formula is C10H16N2O2. The number of aliphatic hydroxyl groups is 1. The highest BCUT2D eigenvalue weighted by atomic mass is 16.5. The van der Waals surface area contributed by atoms with Gasteiger partial charge in [0.25, 0.3) is 0 Å². The fourth-order valence-corrected chi connectivity index (χ4v) is 1.84. The molecule has 1 N–H and O–H groups in total. The van der Waals surface area contributed by atoms with Crippen molar-refractivity contribution in [2.75, 3.05) is 7.11 Å². The van der Waals surface area contributed by atoms with Gasteiger partial charge >= 0.3 is 0 Å². The van der Waals surface area contributed by atoms with E-state index in [-0.39, 0.29) is 6.10 Å². The minimum absolute atomic E-state index is 0.187. The summed E-state index contributed by atoms with van der Waals surface area (Å²) >= 11 is 0. The van der Waals surface area contributed by atoms with Crippen molar-refractivity contribution in [2.24, 2.45) is 0 Å². The molecule has 1 aromatic rings. The molecule has 0 bridgehead atoms. The Morgan fingerprint density at radius 1 is 1.71 bits per heavy atom. The third kappa shape index (κ3) is 1.44. The van der Waals surface area contributed by atoms with Crippen LogP contribution >= 0.6 is 0 Å². The quantitative estimate of drug-likeness (QED) is 0.781. The predicted octanol–water partition coefficient (Wildman–Crippen LogP) is 0.899. The average molecular weight is 196 g/mol. The van der Waals surface area contributed by atoms with Crippen LogP contribution in [0.1, 0.15) is 25.5 Å². The van der Waals surface area contributed by atoms with Gasteiger partial charge in [-0.3, -0.25) is 0 Å². The maximum atomic E-state index is 10.1.